The predicted molar refractivity (Wildman–Crippen MR) is 99.7 cm³/mol. The smallest absolute Gasteiger partial charge is 0.191 e. The molecule has 1 heterocycles. The van der Waals surface area contributed by atoms with Gasteiger partial charge in [0.15, 0.2) is 17.5 Å². The summed E-state index contributed by atoms with van der Waals surface area (Å²) < 4.78 is 18.5. The zero-order valence-electron chi connectivity index (χ0n) is 12.4. The molecular formula is C15H19FIN3OS. The Kier molecular flexibility index (Phi) is 8.18. The van der Waals surface area contributed by atoms with Crippen molar-refractivity contribution in [1.82, 2.24) is 10.6 Å². The molecule has 0 amide bonds. The van der Waals surface area contributed by atoms with Crippen molar-refractivity contribution in [2.75, 3.05) is 14.2 Å². The summed E-state index contributed by atoms with van der Waals surface area (Å²) in [5.41, 5.74) is 2.03. The van der Waals surface area contributed by atoms with Crippen molar-refractivity contribution >= 4 is 41.3 Å². The first-order chi connectivity index (χ1) is 10.2. The van der Waals surface area contributed by atoms with E-state index in [1.807, 2.05) is 11.4 Å². The molecule has 2 N–H and O–H groups in total. The molecule has 0 bridgehead atoms. The van der Waals surface area contributed by atoms with E-state index in [1.54, 1.807) is 24.5 Å². The number of nitrogens with one attached hydrogen (secondary N) is 2. The number of thiophene rings is 1. The zero-order valence-corrected chi connectivity index (χ0v) is 15.6. The van der Waals surface area contributed by atoms with Gasteiger partial charge in [0.2, 0.25) is 0 Å². The predicted octanol–water partition coefficient (Wildman–Crippen LogP) is 3.38. The van der Waals surface area contributed by atoms with Crippen LogP contribution in [0.1, 0.15) is 11.1 Å². The van der Waals surface area contributed by atoms with Crippen molar-refractivity contribution in [3.05, 3.63) is 52.0 Å². The second kappa shape index (κ2) is 9.62. The Morgan fingerprint density at radius 1 is 1.23 bits per heavy atom. The van der Waals surface area contributed by atoms with Gasteiger partial charge >= 0.3 is 0 Å². The number of nitrogens with zero attached hydrogens (tertiary/aromatic N) is 1. The lowest BCUT2D eigenvalue weighted by Crippen LogP contribution is -2.36. The van der Waals surface area contributed by atoms with Crippen molar-refractivity contribution in [1.29, 1.82) is 0 Å². The van der Waals surface area contributed by atoms with Gasteiger partial charge in [-0.1, -0.05) is 6.07 Å². The van der Waals surface area contributed by atoms with Crippen molar-refractivity contribution in [2.45, 2.75) is 13.1 Å². The molecule has 1 aromatic carbocycles. The highest BCUT2D eigenvalue weighted by atomic mass is 127. The van der Waals surface area contributed by atoms with E-state index < -0.39 is 0 Å². The van der Waals surface area contributed by atoms with Crippen LogP contribution in [0.5, 0.6) is 5.75 Å². The Labute approximate surface area is 150 Å². The third kappa shape index (κ3) is 5.45. The van der Waals surface area contributed by atoms with Gasteiger partial charge in [0.25, 0.3) is 0 Å². The Bertz CT molecular complexity index is 605. The van der Waals surface area contributed by atoms with Crippen molar-refractivity contribution in [3.8, 4) is 5.75 Å². The summed E-state index contributed by atoms with van der Waals surface area (Å²) in [5, 5.41) is 10.5. The van der Waals surface area contributed by atoms with Crippen LogP contribution in [0.3, 0.4) is 0 Å². The van der Waals surface area contributed by atoms with E-state index in [1.165, 1.54) is 18.7 Å². The number of halogens is 2. The zero-order chi connectivity index (χ0) is 15.1. The molecule has 0 saturated carbocycles. The minimum atomic E-state index is -0.363. The normalized spacial score (nSPS) is 10.8. The van der Waals surface area contributed by atoms with Gasteiger partial charge in [0, 0.05) is 20.1 Å². The van der Waals surface area contributed by atoms with E-state index >= 15 is 0 Å². The van der Waals surface area contributed by atoms with Gasteiger partial charge in [0.05, 0.1) is 7.11 Å². The molecule has 7 heteroatoms. The quantitative estimate of drug-likeness (QED) is 0.430. The second-order valence-electron chi connectivity index (χ2n) is 4.38. The van der Waals surface area contributed by atoms with Gasteiger partial charge in [-0.3, -0.25) is 4.99 Å². The first-order valence-electron chi connectivity index (χ1n) is 6.51. The number of rotatable bonds is 5. The summed E-state index contributed by atoms with van der Waals surface area (Å²) in [6.45, 7) is 1.20. The lowest BCUT2D eigenvalue weighted by molar-refractivity contribution is 0.386. The molecule has 0 fully saturated rings. The van der Waals surface area contributed by atoms with Gasteiger partial charge in [-0.2, -0.15) is 11.3 Å². The monoisotopic (exact) mass is 435 g/mol. The molecule has 0 aliphatic rings. The standard InChI is InChI=1S/C15H18FN3OS.HI/c1-17-15(19-9-12-5-6-21-10-12)18-8-11-3-4-14(20-2)13(16)7-11;/h3-7,10H,8-9H2,1-2H3,(H2,17,18,19);1H. The van der Waals surface area contributed by atoms with E-state index in [0.29, 0.717) is 19.0 Å². The molecule has 0 aliphatic heterocycles. The fraction of sp³-hybridized carbons (Fsp3) is 0.267. The molecule has 120 valence electrons. The molecule has 0 radical (unpaired) electrons. The average molecular weight is 435 g/mol. The number of hydrogen-bond acceptors (Lipinski definition) is 3. The summed E-state index contributed by atoms with van der Waals surface area (Å²) >= 11 is 1.66. The maximum Gasteiger partial charge on any atom is 0.191 e. The molecule has 2 aromatic rings. The Hall–Kier alpha value is -1.35. The highest BCUT2D eigenvalue weighted by molar-refractivity contribution is 14.0. The first kappa shape index (κ1) is 18.7. The molecular weight excluding hydrogens is 416 g/mol. The molecule has 0 atom stereocenters. The summed E-state index contributed by atoms with van der Waals surface area (Å²) in [4.78, 5) is 4.14. The van der Waals surface area contributed by atoms with Crippen LogP contribution in [0.4, 0.5) is 4.39 Å². The molecule has 4 nitrogen and oxygen atoms in total. The number of benzene rings is 1. The summed E-state index contributed by atoms with van der Waals surface area (Å²) in [6.07, 6.45) is 0. The molecule has 0 aliphatic carbocycles. The van der Waals surface area contributed by atoms with Crippen LogP contribution in [0.25, 0.3) is 0 Å². The topological polar surface area (TPSA) is 45.7 Å². The number of aliphatic imine (C=N–C) groups is 1. The maximum absolute atomic E-state index is 13.6. The minimum absolute atomic E-state index is 0. The Morgan fingerprint density at radius 3 is 2.50 bits per heavy atom. The number of ether oxygens (including phenoxy) is 1. The van der Waals surface area contributed by atoms with Crippen molar-refractivity contribution in [2.24, 2.45) is 4.99 Å². The molecule has 0 saturated heterocycles. The third-order valence-electron chi connectivity index (χ3n) is 2.94. The van der Waals surface area contributed by atoms with Gasteiger partial charge in [-0.15, -0.1) is 24.0 Å². The third-order valence-corrected chi connectivity index (χ3v) is 3.67. The largest absolute Gasteiger partial charge is 0.494 e. The van der Waals surface area contributed by atoms with Crippen molar-refractivity contribution < 1.29 is 9.13 Å². The first-order valence-corrected chi connectivity index (χ1v) is 7.45. The lowest BCUT2D eigenvalue weighted by atomic mass is 10.2. The van der Waals surface area contributed by atoms with E-state index in [4.69, 9.17) is 4.74 Å². The van der Waals surface area contributed by atoms with Crippen LogP contribution < -0.4 is 15.4 Å². The number of methoxy groups -OCH3 is 1. The van der Waals surface area contributed by atoms with Crippen LogP contribution >= 0.6 is 35.3 Å². The average Bonchev–Trinajstić information content (AvgIpc) is 3.01. The summed E-state index contributed by atoms with van der Waals surface area (Å²) in [5.74, 6) is 0.564. The summed E-state index contributed by atoms with van der Waals surface area (Å²) in [6, 6.07) is 6.96. The molecule has 22 heavy (non-hydrogen) atoms. The number of guanidine groups is 1. The second-order valence-corrected chi connectivity index (χ2v) is 5.16. The van der Waals surface area contributed by atoms with Gasteiger partial charge in [-0.05, 0) is 40.1 Å². The fourth-order valence-corrected chi connectivity index (χ4v) is 2.47. The van der Waals surface area contributed by atoms with Crippen LogP contribution in [-0.2, 0) is 13.1 Å². The SMILES string of the molecule is CN=C(NCc1ccsc1)NCc1ccc(OC)c(F)c1.I. The fourth-order valence-electron chi connectivity index (χ4n) is 1.81. The molecule has 0 spiro atoms. The van der Waals surface area contributed by atoms with Gasteiger partial charge in [-0.25, -0.2) is 4.39 Å². The highest BCUT2D eigenvalue weighted by Crippen LogP contribution is 2.17. The Morgan fingerprint density at radius 2 is 1.95 bits per heavy atom. The van der Waals surface area contributed by atoms with Crippen LogP contribution in [0.2, 0.25) is 0 Å². The Balaban J connectivity index is 0.00000242. The van der Waals surface area contributed by atoms with E-state index in [2.05, 4.69) is 27.1 Å². The lowest BCUT2D eigenvalue weighted by Gasteiger charge is -2.12. The van der Waals surface area contributed by atoms with Gasteiger partial charge in [0.1, 0.15) is 0 Å². The van der Waals surface area contributed by atoms with E-state index in [-0.39, 0.29) is 35.5 Å². The van der Waals surface area contributed by atoms with Gasteiger partial charge < -0.3 is 15.4 Å². The summed E-state index contributed by atoms with van der Waals surface area (Å²) in [7, 11) is 3.16. The molecule has 0 unspecified atom stereocenters. The van der Waals surface area contributed by atoms with Crippen LogP contribution in [-0.4, -0.2) is 20.1 Å². The van der Waals surface area contributed by atoms with E-state index in [0.717, 1.165) is 5.56 Å². The van der Waals surface area contributed by atoms with E-state index in [9.17, 15) is 4.39 Å². The molecule has 1 aromatic heterocycles. The van der Waals surface area contributed by atoms with Crippen molar-refractivity contribution in [3.63, 3.8) is 0 Å². The molecule has 2 rings (SSSR count). The maximum atomic E-state index is 13.6. The van der Waals surface area contributed by atoms with Crippen LogP contribution in [0, 0.1) is 5.82 Å². The van der Waals surface area contributed by atoms with Crippen LogP contribution in [0.15, 0.2) is 40.0 Å². The minimum Gasteiger partial charge on any atom is -0.494 e. The highest BCUT2D eigenvalue weighted by Gasteiger charge is 2.04. The number of hydrogen-bond donors (Lipinski definition) is 2.